The third kappa shape index (κ3) is 3.32. The van der Waals surface area contributed by atoms with Gasteiger partial charge in [0.15, 0.2) is 0 Å². The molecule has 1 aromatic heterocycles. The predicted molar refractivity (Wildman–Crippen MR) is 75.3 cm³/mol. The fourth-order valence-electron chi connectivity index (χ4n) is 1.67. The van der Waals surface area contributed by atoms with E-state index in [0.717, 1.165) is 24.3 Å². The van der Waals surface area contributed by atoms with Crippen molar-refractivity contribution >= 4 is 5.69 Å². The normalized spacial score (nSPS) is 14.1. The molecule has 5 heteroatoms. The highest BCUT2D eigenvalue weighted by Gasteiger charge is 2.20. The number of nitrogens with zero attached hydrogens (tertiary/aromatic N) is 3. The molecule has 0 bridgehead atoms. The van der Waals surface area contributed by atoms with E-state index in [2.05, 4.69) is 29.4 Å². The lowest BCUT2D eigenvalue weighted by Crippen LogP contribution is -2.29. The van der Waals surface area contributed by atoms with Gasteiger partial charge in [0.25, 0.3) is 0 Å². The van der Waals surface area contributed by atoms with Gasteiger partial charge in [-0.1, -0.05) is 13.8 Å². The minimum absolute atomic E-state index is 0.0811. The zero-order valence-corrected chi connectivity index (χ0v) is 11.4. The van der Waals surface area contributed by atoms with Gasteiger partial charge in [0, 0.05) is 17.6 Å². The molecular formula is C14H20N4O. The Morgan fingerprint density at radius 3 is 2.37 bits per heavy atom. The van der Waals surface area contributed by atoms with Crippen LogP contribution in [0.4, 0.5) is 5.69 Å². The van der Waals surface area contributed by atoms with Crippen LogP contribution in [0.1, 0.15) is 20.3 Å². The van der Waals surface area contributed by atoms with Crippen molar-refractivity contribution in [2.45, 2.75) is 20.3 Å². The molecule has 1 heterocycles. The van der Waals surface area contributed by atoms with Gasteiger partial charge in [0.1, 0.15) is 0 Å². The van der Waals surface area contributed by atoms with Gasteiger partial charge in [-0.25, -0.2) is 0 Å². The van der Waals surface area contributed by atoms with E-state index in [0.29, 0.717) is 0 Å². The van der Waals surface area contributed by atoms with Gasteiger partial charge in [-0.3, -0.25) is 0 Å². The molecule has 0 radical (unpaired) electrons. The summed E-state index contributed by atoms with van der Waals surface area (Å²) in [6.45, 7) is 5.09. The number of aliphatic hydroxyl groups is 1. The zero-order valence-electron chi connectivity index (χ0n) is 11.4. The Bertz CT molecular complexity index is 489. The second-order valence-corrected chi connectivity index (χ2v) is 5.04. The Hall–Kier alpha value is -1.88. The summed E-state index contributed by atoms with van der Waals surface area (Å²) in [6, 6.07) is 7.91. The number of hydrogen-bond donors (Lipinski definition) is 2. The van der Waals surface area contributed by atoms with E-state index < -0.39 is 0 Å². The van der Waals surface area contributed by atoms with Crippen molar-refractivity contribution in [1.82, 2.24) is 15.0 Å². The van der Waals surface area contributed by atoms with Crippen molar-refractivity contribution in [3.8, 4) is 5.69 Å². The fourth-order valence-corrected chi connectivity index (χ4v) is 1.67. The molecule has 0 saturated carbocycles. The van der Waals surface area contributed by atoms with Crippen LogP contribution in [0, 0.1) is 5.41 Å². The lowest BCUT2D eigenvalue weighted by atomic mass is 9.88. The van der Waals surface area contributed by atoms with Crippen molar-refractivity contribution in [3.05, 3.63) is 36.7 Å². The first kappa shape index (κ1) is 13.5. The van der Waals surface area contributed by atoms with Crippen LogP contribution in [0.3, 0.4) is 0 Å². The van der Waals surface area contributed by atoms with E-state index in [9.17, 15) is 5.11 Å². The van der Waals surface area contributed by atoms with Gasteiger partial charge in [0.05, 0.1) is 24.7 Å². The van der Waals surface area contributed by atoms with Crippen LogP contribution in [0.15, 0.2) is 36.7 Å². The number of aliphatic hydroxyl groups excluding tert-OH is 1. The monoisotopic (exact) mass is 260 g/mol. The Morgan fingerprint density at radius 1 is 1.21 bits per heavy atom. The van der Waals surface area contributed by atoms with Gasteiger partial charge >= 0.3 is 0 Å². The number of benzene rings is 1. The standard InChI is InChI=1S/C14H20N4O/c1-3-14(2,11-19)10-15-12-4-6-13(7-5-12)18-16-8-9-17-18/h4-9,15,19H,3,10-11H2,1-2H3. The third-order valence-electron chi connectivity index (χ3n) is 3.47. The molecule has 2 rings (SSSR count). The minimum Gasteiger partial charge on any atom is -0.396 e. The lowest BCUT2D eigenvalue weighted by Gasteiger charge is -2.26. The van der Waals surface area contributed by atoms with Crippen LogP contribution in [-0.2, 0) is 0 Å². The van der Waals surface area contributed by atoms with Crippen molar-refractivity contribution in [1.29, 1.82) is 0 Å². The maximum absolute atomic E-state index is 9.37. The topological polar surface area (TPSA) is 63.0 Å². The molecule has 102 valence electrons. The summed E-state index contributed by atoms with van der Waals surface area (Å²) in [5.74, 6) is 0. The second-order valence-electron chi connectivity index (χ2n) is 5.04. The molecule has 19 heavy (non-hydrogen) atoms. The molecule has 1 unspecified atom stereocenters. The van der Waals surface area contributed by atoms with E-state index in [-0.39, 0.29) is 12.0 Å². The average Bonchev–Trinajstić information content (AvgIpc) is 2.99. The third-order valence-corrected chi connectivity index (χ3v) is 3.47. The first-order valence-corrected chi connectivity index (χ1v) is 6.48. The molecule has 1 atom stereocenters. The Morgan fingerprint density at radius 2 is 1.84 bits per heavy atom. The van der Waals surface area contributed by atoms with E-state index in [1.54, 1.807) is 17.2 Å². The van der Waals surface area contributed by atoms with Crippen LogP contribution in [0.2, 0.25) is 0 Å². The predicted octanol–water partition coefficient (Wildman–Crippen LogP) is 2.09. The molecular weight excluding hydrogens is 240 g/mol. The summed E-state index contributed by atoms with van der Waals surface area (Å²) in [5.41, 5.74) is 1.88. The van der Waals surface area contributed by atoms with Crippen molar-refractivity contribution < 1.29 is 5.11 Å². The van der Waals surface area contributed by atoms with Crippen LogP contribution < -0.4 is 5.32 Å². The highest BCUT2D eigenvalue weighted by Crippen LogP contribution is 2.21. The maximum atomic E-state index is 9.37. The summed E-state index contributed by atoms with van der Waals surface area (Å²) < 4.78 is 0. The number of rotatable bonds is 6. The molecule has 0 fully saturated rings. The van der Waals surface area contributed by atoms with E-state index in [4.69, 9.17) is 0 Å². The molecule has 2 aromatic rings. The quantitative estimate of drug-likeness (QED) is 0.834. The lowest BCUT2D eigenvalue weighted by molar-refractivity contribution is 0.149. The molecule has 2 N–H and O–H groups in total. The summed E-state index contributed by atoms with van der Waals surface area (Å²) in [5, 5.41) is 20.9. The number of aromatic nitrogens is 3. The van der Waals surface area contributed by atoms with E-state index in [1.165, 1.54) is 0 Å². The molecule has 0 saturated heterocycles. The SMILES string of the molecule is CCC(C)(CO)CNc1ccc(-n2nccn2)cc1. The molecule has 1 aromatic carbocycles. The van der Waals surface area contributed by atoms with Crippen LogP contribution in [0.25, 0.3) is 5.69 Å². The van der Waals surface area contributed by atoms with Crippen LogP contribution >= 0.6 is 0 Å². The highest BCUT2D eigenvalue weighted by molar-refractivity contribution is 5.48. The van der Waals surface area contributed by atoms with Gasteiger partial charge in [0.2, 0.25) is 0 Å². The Labute approximate surface area is 113 Å². The Balaban J connectivity index is 2.00. The summed E-state index contributed by atoms with van der Waals surface area (Å²) in [4.78, 5) is 1.58. The average molecular weight is 260 g/mol. The molecule has 5 nitrogen and oxygen atoms in total. The van der Waals surface area contributed by atoms with Crippen LogP contribution in [0.5, 0.6) is 0 Å². The van der Waals surface area contributed by atoms with Gasteiger partial charge in [-0.2, -0.15) is 15.0 Å². The molecule has 0 spiro atoms. The van der Waals surface area contributed by atoms with Crippen molar-refractivity contribution in [2.75, 3.05) is 18.5 Å². The first-order chi connectivity index (χ1) is 9.17. The van der Waals surface area contributed by atoms with Gasteiger partial charge in [-0.05, 0) is 30.7 Å². The number of hydrogen-bond acceptors (Lipinski definition) is 4. The molecule has 0 aliphatic rings. The molecule has 0 amide bonds. The van der Waals surface area contributed by atoms with Gasteiger partial charge in [-0.15, -0.1) is 0 Å². The van der Waals surface area contributed by atoms with Crippen LogP contribution in [-0.4, -0.2) is 33.3 Å². The Kier molecular flexibility index (Phi) is 4.16. The number of nitrogens with one attached hydrogen (secondary N) is 1. The van der Waals surface area contributed by atoms with Crippen molar-refractivity contribution in [3.63, 3.8) is 0 Å². The zero-order chi connectivity index (χ0) is 13.7. The number of anilines is 1. The van der Waals surface area contributed by atoms with Gasteiger partial charge < -0.3 is 10.4 Å². The van der Waals surface area contributed by atoms with E-state index in [1.807, 2.05) is 24.3 Å². The minimum atomic E-state index is -0.0811. The fraction of sp³-hybridized carbons (Fsp3) is 0.429. The largest absolute Gasteiger partial charge is 0.396 e. The summed E-state index contributed by atoms with van der Waals surface area (Å²) in [7, 11) is 0. The summed E-state index contributed by atoms with van der Waals surface area (Å²) in [6.07, 6.45) is 4.24. The summed E-state index contributed by atoms with van der Waals surface area (Å²) >= 11 is 0. The molecule has 0 aliphatic carbocycles. The second kappa shape index (κ2) is 5.84. The molecule has 0 aliphatic heterocycles. The smallest absolute Gasteiger partial charge is 0.0858 e. The van der Waals surface area contributed by atoms with E-state index >= 15 is 0 Å². The highest BCUT2D eigenvalue weighted by atomic mass is 16.3. The first-order valence-electron chi connectivity index (χ1n) is 6.48. The van der Waals surface area contributed by atoms with Crippen molar-refractivity contribution in [2.24, 2.45) is 5.41 Å². The maximum Gasteiger partial charge on any atom is 0.0858 e.